The van der Waals surface area contributed by atoms with Crippen molar-refractivity contribution in [1.82, 2.24) is 10.2 Å². The molecule has 2 fully saturated rings. The van der Waals surface area contributed by atoms with E-state index in [1.54, 1.807) is 0 Å². The minimum atomic E-state index is -0.0676. The van der Waals surface area contributed by atoms with E-state index in [2.05, 4.69) is 46.0 Å². The van der Waals surface area contributed by atoms with Gasteiger partial charge in [0.05, 0.1) is 0 Å². The van der Waals surface area contributed by atoms with Crippen LogP contribution in [0.1, 0.15) is 43.0 Å². The number of nitrogens with zero attached hydrogens (tertiary/aromatic N) is 1. The highest BCUT2D eigenvalue weighted by Crippen LogP contribution is 2.37. The number of fused-ring (bicyclic) bond motifs is 2. The molecule has 0 radical (unpaired) electrons. The molecular weight excluding hydrogens is 342 g/mol. The SMILES string of the molecule is CCc1ccccc1NC(=O)NC1C[C@H]2CC[C@H](C1)N2Cc1cccs1. The van der Waals surface area contributed by atoms with E-state index in [1.807, 2.05) is 29.5 Å². The Morgan fingerprint density at radius 1 is 1.15 bits per heavy atom. The molecule has 4 rings (SSSR count). The van der Waals surface area contributed by atoms with Gasteiger partial charge in [0.1, 0.15) is 0 Å². The standard InChI is InChI=1S/C21H27N3OS/c1-2-15-6-3-4-8-20(15)23-21(25)22-16-12-17-9-10-18(13-16)24(17)14-19-7-5-11-26-19/h3-8,11,16-18H,2,9-10,12-14H2,1H3,(H2,22,23,25)/t17-,18-/m1/s1. The molecule has 2 aromatic rings. The smallest absolute Gasteiger partial charge is 0.319 e. The Morgan fingerprint density at radius 2 is 1.92 bits per heavy atom. The summed E-state index contributed by atoms with van der Waals surface area (Å²) in [6.45, 7) is 3.18. The van der Waals surface area contributed by atoms with Crippen LogP contribution in [-0.2, 0) is 13.0 Å². The van der Waals surface area contributed by atoms with Crippen LogP contribution in [0, 0.1) is 0 Å². The summed E-state index contributed by atoms with van der Waals surface area (Å²) in [5, 5.41) is 8.43. The summed E-state index contributed by atoms with van der Waals surface area (Å²) in [5.74, 6) is 0. The molecule has 0 unspecified atom stereocenters. The Labute approximate surface area is 159 Å². The second kappa shape index (κ2) is 7.80. The van der Waals surface area contributed by atoms with Crippen molar-refractivity contribution >= 4 is 23.1 Å². The van der Waals surface area contributed by atoms with Crippen LogP contribution in [0.4, 0.5) is 10.5 Å². The average Bonchev–Trinajstić information content (AvgIpc) is 3.22. The predicted octanol–water partition coefficient (Wildman–Crippen LogP) is 4.63. The van der Waals surface area contributed by atoms with Gasteiger partial charge in [0, 0.05) is 35.2 Å². The summed E-state index contributed by atoms with van der Waals surface area (Å²) in [7, 11) is 0. The zero-order chi connectivity index (χ0) is 17.9. The molecule has 138 valence electrons. The fourth-order valence-electron chi connectivity index (χ4n) is 4.53. The third-order valence-electron chi connectivity index (χ3n) is 5.78. The van der Waals surface area contributed by atoms with E-state index in [4.69, 9.17) is 0 Å². The molecule has 4 nitrogen and oxygen atoms in total. The first-order valence-corrected chi connectivity index (χ1v) is 10.5. The fraction of sp³-hybridized carbons (Fsp3) is 0.476. The molecule has 2 N–H and O–H groups in total. The van der Waals surface area contributed by atoms with Gasteiger partial charge in [0.15, 0.2) is 0 Å². The van der Waals surface area contributed by atoms with E-state index in [-0.39, 0.29) is 12.1 Å². The Balaban J connectivity index is 1.33. The van der Waals surface area contributed by atoms with Gasteiger partial charge in [-0.25, -0.2) is 4.79 Å². The minimum absolute atomic E-state index is 0.0676. The number of benzene rings is 1. The summed E-state index contributed by atoms with van der Waals surface area (Å²) in [5.41, 5.74) is 2.10. The van der Waals surface area contributed by atoms with Crippen LogP contribution < -0.4 is 10.6 Å². The average molecular weight is 370 g/mol. The second-order valence-electron chi connectivity index (χ2n) is 7.41. The topological polar surface area (TPSA) is 44.4 Å². The third-order valence-corrected chi connectivity index (χ3v) is 6.65. The molecule has 2 aliphatic heterocycles. The number of urea groups is 1. The lowest BCUT2D eigenvalue weighted by Gasteiger charge is -2.39. The number of carbonyl (C=O) groups excluding carboxylic acids is 1. The second-order valence-corrected chi connectivity index (χ2v) is 8.45. The zero-order valence-corrected chi connectivity index (χ0v) is 16.1. The van der Waals surface area contributed by atoms with Crippen molar-refractivity contribution in [3.8, 4) is 0 Å². The van der Waals surface area contributed by atoms with Crippen LogP contribution in [0.2, 0.25) is 0 Å². The van der Waals surface area contributed by atoms with Crippen molar-refractivity contribution in [2.45, 2.75) is 63.7 Å². The number of anilines is 1. The Hall–Kier alpha value is -1.85. The molecule has 2 saturated heterocycles. The first-order chi connectivity index (χ1) is 12.7. The highest BCUT2D eigenvalue weighted by Gasteiger charge is 2.41. The predicted molar refractivity (Wildman–Crippen MR) is 108 cm³/mol. The van der Waals surface area contributed by atoms with Gasteiger partial charge < -0.3 is 10.6 Å². The zero-order valence-electron chi connectivity index (χ0n) is 15.3. The number of para-hydroxylation sites is 1. The molecule has 1 aromatic heterocycles. The van der Waals surface area contributed by atoms with Crippen molar-refractivity contribution in [3.63, 3.8) is 0 Å². The highest BCUT2D eigenvalue weighted by molar-refractivity contribution is 7.09. The number of aryl methyl sites for hydroxylation is 1. The molecule has 2 amide bonds. The Morgan fingerprint density at radius 3 is 2.62 bits per heavy atom. The number of thiophene rings is 1. The van der Waals surface area contributed by atoms with Gasteiger partial charge in [-0.2, -0.15) is 0 Å². The van der Waals surface area contributed by atoms with Crippen molar-refractivity contribution in [2.24, 2.45) is 0 Å². The first-order valence-electron chi connectivity index (χ1n) is 9.66. The molecule has 0 saturated carbocycles. The van der Waals surface area contributed by atoms with Crippen LogP contribution in [0.25, 0.3) is 0 Å². The number of piperidine rings is 1. The molecule has 5 heteroatoms. The van der Waals surface area contributed by atoms with Crippen molar-refractivity contribution in [1.29, 1.82) is 0 Å². The van der Waals surface area contributed by atoms with Gasteiger partial charge in [-0.3, -0.25) is 4.90 Å². The van der Waals surface area contributed by atoms with Gasteiger partial charge >= 0.3 is 6.03 Å². The number of amides is 2. The molecule has 26 heavy (non-hydrogen) atoms. The van der Waals surface area contributed by atoms with E-state index in [9.17, 15) is 4.79 Å². The lowest BCUT2D eigenvalue weighted by molar-refractivity contribution is 0.113. The van der Waals surface area contributed by atoms with Crippen LogP contribution in [0.5, 0.6) is 0 Å². The quantitative estimate of drug-likeness (QED) is 0.807. The third kappa shape index (κ3) is 3.79. The summed E-state index contributed by atoms with van der Waals surface area (Å²) >= 11 is 1.84. The number of carbonyl (C=O) groups is 1. The maximum Gasteiger partial charge on any atom is 0.319 e. The van der Waals surface area contributed by atoms with Gasteiger partial charge in [0.2, 0.25) is 0 Å². The van der Waals surface area contributed by atoms with Gasteiger partial charge in [-0.1, -0.05) is 31.2 Å². The Bertz CT molecular complexity index is 731. The molecule has 1 aromatic carbocycles. The van der Waals surface area contributed by atoms with Crippen LogP contribution >= 0.6 is 11.3 Å². The van der Waals surface area contributed by atoms with Gasteiger partial charge in [-0.15, -0.1) is 11.3 Å². The number of hydrogen-bond donors (Lipinski definition) is 2. The molecule has 2 aliphatic rings. The van der Waals surface area contributed by atoms with Crippen LogP contribution in [-0.4, -0.2) is 29.1 Å². The molecule has 3 heterocycles. The minimum Gasteiger partial charge on any atom is -0.335 e. The molecule has 0 aliphatic carbocycles. The maximum atomic E-state index is 12.5. The van der Waals surface area contributed by atoms with Crippen LogP contribution in [0.3, 0.4) is 0 Å². The van der Waals surface area contributed by atoms with Gasteiger partial charge in [0.25, 0.3) is 0 Å². The molecule has 0 spiro atoms. The fourth-order valence-corrected chi connectivity index (χ4v) is 5.24. The maximum absolute atomic E-state index is 12.5. The van der Waals surface area contributed by atoms with E-state index >= 15 is 0 Å². The molecule has 2 atom stereocenters. The van der Waals surface area contributed by atoms with Crippen molar-refractivity contribution in [2.75, 3.05) is 5.32 Å². The molecule has 2 bridgehead atoms. The first kappa shape index (κ1) is 17.6. The van der Waals surface area contributed by atoms with Gasteiger partial charge in [-0.05, 0) is 55.2 Å². The normalized spacial score (nSPS) is 25.2. The summed E-state index contributed by atoms with van der Waals surface area (Å²) in [6, 6.07) is 13.8. The largest absolute Gasteiger partial charge is 0.335 e. The summed E-state index contributed by atoms with van der Waals surface area (Å²) in [6.07, 6.45) is 5.56. The van der Waals surface area contributed by atoms with E-state index in [0.29, 0.717) is 12.1 Å². The van der Waals surface area contributed by atoms with E-state index in [0.717, 1.165) is 31.5 Å². The lowest BCUT2D eigenvalue weighted by atomic mass is 9.97. The Kier molecular flexibility index (Phi) is 5.27. The number of rotatable bonds is 5. The number of hydrogen-bond acceptors (Lipinski definition) is 3. The van der Waals surface area contributed by atoms with Crippen molar-refractivity contribution in [3.05, 3.63) is 52.2 Å². The molecular formula is C21H27N3OS. The van der Waals surface area contributed by atoms with Crippen molar-refractivity contribution < 1.29 is 4.79 Å². The van der Waals surface area contributed by atoms with E-state index < -0.39 is 0 Å². The lowest BCUT2D eigenvalue weighted by Crippen LogP contribution is -2.50. The summed E-state index contributed by atoms with van der Waals surface area (Å²) < 4.78 is 0. The monoisotopic (exact) mass is 369 g/mol. The van der Waals surface area contributed by atoms with Crippen LogP contribution in [0.15, 0.2) is 41.8 Å². The summed E-state index contributed by atoms with van der Waals surface area (Å²) in [4.78, 5) is 16.6. The van der Waals surface area contributed by atoms with E-state index in [1.165, 1.54) is 23.3 Å². The highest BCUT2D eigenvalue weighted by atomic mass is 32.1. The number of nitrogens with one attached hydrogen (secondary N) is 2.